The van der Waals surface area contributed by atoms with E-state index in [9.17, 15) is 0 Å². The molecule has 1 heterocycles. The Morgan fingerprint density at radius 2 is 2.50 bits per heavy atom. The summed E-state index contributed by atoms with van der Waals surface area (Å²) in [6.07, 6.45) is 2.22. The van der Waals surface area contributed by atoms with Crippen LogP contribution in [0.3, 0.4) is 0 Å². The first-order valence-electron chi connectivity index (χ1n) is 4.38. The molecule has 0 bridgehead atoms. The van der Waals surface area contributed by atoms with Crippen molar-refractivity contribution in [3.8, 4) is 0 Å². The van der Waals surface area contributed by atoms with Gasteiger partial charge in [0.2, 0.25) is 0 Å². The normalized spacial score (nSPS) is 24.8. The summed E-state index contributed by atoms with van der Waals surface area (Å²) in [6, 6.07) is 0.219. The van der Waals surface area contributed by atoms with Gasteiger partial charge in [0, 0.05) is 12.6 Å². The molecule has 12 heavy (non-hydrogen) atoms. The molecule has 0 aliphatic carbocycles. The number of hydrogen-bond donors (Lipinski definition) is 1. The minimum Gasteiger partial charge on any atom is -0.451 e. The van der Waals surface area contributed by atoms with E-state index >= 15 is 0 Å². The van der Waals surface area contributed by atoms with Gasteiger partial charge in [0.25, 0.3) is 0 Å². The van der Waals surface area contributed by atoms with Crippen LogP contribution < -0.4 is 5.73 Å². The minimum absolute atomic E-state index is 0.219. The Hall–Kier alpha value is -0.770. The smallest absolute Gasteiger partial charge is 0.383 e. The Kier molecular flexibility index (Phi) is 3.87. The molecule has 1 rings (SSSR count). The Balaban J connectivity index is 2.37. The van der Waals surface area contributed by atoms with Crippen molar-refractivity contribution in [2.75, 3.05) is 19.8 Å². The Labute approximate surface area is 72.8 Å². The molecule has 0 spiro atoms. The van der Waals surface area contributed by atoms with Gasteiger partial charge in [0.05, 0.1) is 13.2 Å². The highest BCUT2D eigenvalue weighted by atomic mass is 16.7. The van der Waals surface area contributed by atoms with E-state index in [0.717, 1.165) is 12.8 Å². The Morgan fingerprint density at radius 3 is 3.25 bits per heavy atom. The van der Waals surface area contributed by atoms with Gasteiger partial charge >= 0.3 is 6.08 Å². The van der Waals surface area contributed by atoms with Crippen LogP contribution in [0.25, 0.3) is 0 Å². The van der Waals surface area contributed by atoms with Gasteiger partial charge in [-0.3, -0.25) is 0 Å². The number of nitrogens with two attached hydrogens (primary N) is 1. The molecule has 70 valence electrons. The van der Waals surface area contributed by atoms with Crippen molar-refractivity contribution < 1.29 is 9.47 Å². The predicted octanol–water partition coefficient (Wildman–Crippen LogP) is 0.517. The fourth-order valence-corrected chi connectivity index (χ4v) is 1.02. The molecule has 4 nitrogen and oxygen atoms in total. The van der Waals surface area contributed by atoms with E-state index in [1.807, 2.05) is 6.92 Å². The van der Waals surface area contributed by atoms with Crippen LogP contribution in [0.2, 0.25) is 0 Å². The molecule has 0 saturated heterocycles. The molecular weight excluding hydrogens is 156 g/mol. The van der Waals surface area contributed by atoms with Gasteiger partial charge in [-0.05, 0) is 19.8 Å². The van der Waals surface area contributed by atoms with E-state index in [1.54, 1.807) is 0 Å². The molecule has 1 aliphatic heterocycles. The van der Waals surface area contributed by atoms with Crippen molar-refractivity contribution in [1.82, 2.24) is 0 Å². The number of nitrogens with zero attached hydrogens (tertiary/aromatic N) is 1. The molecule has 0 fully saturated rings. The Bertz CT molecular complexity index is 159. The lowest BCUT2D eigenvalue weighted by atomic mass is 10.1. The zero-order chi connectivity index (χ0) is 8.81. The molecule has 0 aromatic carbocycles. The zero-order valence-electron chi connectivity index (χ0n) is 7.45. The second-order valence-corrected chi connectivity index (χ2v) is 2.77. The molecule has 0 saturated carbocycles. The molecule has 0 amide bonds. The lowest BCUT2D eigenvalue weighted by Crippen LogP contribution is -2.26. The van der Waals surface area contributed by atoms with E-state index in [1.165, 1.54) is 0 Å². The van der Waals surface area contributed by atoms with Crippen LogP contribution in [0.1, 0.15) is 19.8 Å². The molecule has 4 heteroatoms. The first kappa shape index (κ1) is 9.32. The van der Waals surface area contributed by atoms with Crippen LogP contribution in [0.15, 0.2) is 4.99 Å². The number of aliphatic imine (C=N–C) groups is 1. The third kappa shape index (κ3) is 3.09. The molecule has 0 radical (unpaired) electrons. The monoisotopic (exact) mass is 172 g/mol. The summed E-state index contributed by atoms with van der Waals surface area (Å²) in [7, 11) is 0. The zero-order valence-corrected chi connectivity index (χ0v) is 7.45. The van der Waals surface area contributed by atoms with Crippen molar-refractivity contribution >= 4 is 6.08 Å². The van der Waals surface area contributed by atoms with E-state index in [-0.39, 0.29) is 6.04 Å². The molecule has 1 unspecified atom stereocenters. The first-order chi connectivity index (χ1) is 5.83. The highest BCUT2D eigenvalue weighted by Crippen LogP contribution is 2.01. The summed E-state index contributed by atoms with van der Waals surface area (Å²) in [5, 5.41) is 0. The second kappa shape index (κ2) is 4.98. The summed E-state index contributed by atoms with van der Waals surface area (Å²) in [5.41, 5.74) is 5.73. The minimum atomic E-state index is 0.219. The molecule has 1 atom stereocenters. The van der Waals surface area contributed by atoms with E-state index in [2.05, 4.69) is 4.99 Å². The largest absolute Gasteiger partial charge is 0.451 e. The lowest BCUT2D eigenvalue weighted by molar-refractivity contribution is 0.161. The van der Waals surface area contributed by atoms with E-state index in [4.69, 9.17) is 15.2 Å². The number of hydrogen-bond acceptors (Lipinski definition) is 4. The van der Waals surface area contributed by atoms with Crippen molar-refractivity contribution in [1.29, 1.82) is 0 Å². The van der Waals surface area contributed by atoms with Crippen molar-refractivity contribution in [3.63, 3.8) is 0 Å². The van der Waals surface area contributed by atoms with Crippen molar-refractivity contribution in [2.24, 2.45) is 10.7 Å². The first-order valence-corrected chi connectivity index (χ1v) is 4.38. The molecule has 1 aliphatic rings. The third-order valence-corrected chi connectivity index (χ3v) is 1.72. The fraction of sp³-hybridized carbons (Fsp3) is 0.875. The predicted molar refractivity (Wildman–Crippen MR) is 47.1 cm³/mol. The van der Waals surface area contributed by atoms with Crippen molar-refractivity contribution in [3.05, 3.63) is 0 Å². The second-order valence-electron chi connectivity index (χ2n) is 2.77. The van der Waals surface area contributed by atoms with Crippen LogP contribution in [-0.2, 0) is 9.47 Å². The summed E-state index contributed by atoms with van der Waals surface area (Å²) >= 11 is 0. The summed E-state index contributed by atoms with van der Waals surface area (Å²) in [4.78, 5) is 4.12. The maximum atomic E-state index is 5.73. The Morgan fingerprint density at radius 1 is 1.67 bits per heavy atom. The highest BCUT2D eigenvalue weighted by molar-refractivity contribution is 5.66. The van der Waals surface area contributed by atoms with Crippen LogP contribution in [0.4, 0.5) is 0 Å². The quantitative estimate of drug-likeness (QED) is 0.627. The highest BCUT2D eigenvalue weighted by Gasteiger charge is 2.09. The number of rotatable bonds is 1. The van der Waals surface area contributed by atoms with Gasteiger partial charge in [-0.25, -0.2) is 4.99 Å². The van der Waals surface area contributed by atoms with Gasteiger partial charge in [-0.1, -0.05) is 0 Å². The maximum Gasteiger partial charge on any atom is 0.383 e. The van der Waals surface area contributed by atoms with Crippen LogP contribution in [0.5, 0.6) is 0 Å². The standard InChI is InChI=1S/C8H16N2O2/c1-2-11-8-10-5-3-7(9)4-6-12-8/h7H,2-6,9H2,1H3. The topological polar surface area (TPSA) is 56.8 Å². The van der Waals surface area contributed by atoms with Gasteiger partial charge in [-0.2, -0.15) is 0 Å². The average Bonchev–Trinajstić information content (AvgIpc) is 2.00. The SMILES string of the molecule is CCOC1=NCCC(N)CCO1. The van der Waals surface area contributed by atoms with Gasteiger partial charge in [-0.15, -0.1) is 0 Å². The summed E-state index contributed by atoms with van der Waals surface area (Å²) in [5.74, 6) is 0. The number of ether oxygens (including phenoxy) is 2. The van der Waals surface area contributed by atoms with Crippen molar-refractivity contribution in [2.45, 2.75) is 25.8 Å². The third-order valence-electron chi connectivity index (χ3n) is 1.72. The molecule has 0 aromatic rings. The maximum absolute atomic E-state index is 5.73. The fourth-order valence-electron chi connectivity index (χ4n) is 1.02. The summed E-state index contributed by atoms with van der Waals surface area (Å²) in [6.45, 7) is 3.83. The van der Waals surface area contributed by atoms with Gasteiger partial charge < -0.3 is 15.2 Å². The molecule has 0 aromatic heterocycles. The lowest BCUT2D eigenvalue weighted by Gasteiger charge is -2.15. The summed E-state index contributed by atoms with van der Waals surface area (Å²) < 4.78 is 10.4. The van der Waals surface area contributed by atoms with Gasteiger partial charge in [0.15, 0.2) is 0 Å². The average molecular weight is 172 g/mol. The van der Waals surface area contributed by atoms with Gasteiger partial charge in [0.1, 0.15) is 0 Å². The molecular formula is C8H16N2O2. The van der Waals surface area contributed by atoms with Crippen LogP contribution >= 0.6 is 0 Å². The van der Waals surface area contributed by atoms with Crippen LogP contribution in [0, 0.1) is 0 Å². The van der Waals surface area contributed by atoms with E-state index in [0.29, 0.717) is 25.8 Å². The molecule has 2 N–H and O–H groups in total. The van der Waals surface area contributed by atoms with Crippen LogP contribution in [-0.4, -0.2) is 31.9 Å². The van der Waals surface area contributed by atoms with E-state index < -0.39 is 0 Å².